The molecule has 2 rings (SSSR count). The van der Waals surface area contributed by atoms with Gasteiger partial charge in [-0.25, -0.2) is 13.8 Å². The first-order chi connectivity index (χ1) is 11.6. The molecule has 128 valence electrons. The molecule has 0 saturated heterocycles. The maximum atomic E-state index is 12.2. The summed E-state index contributed by atoms with van der Waals surface area (Å²) >= 11 is 0. The first-order valence-electron chi connectivity index (χ1n) is 7.42. The molecular weight excluding hydrogens is 318 g/mol. The fourth-order valence-corrected chi connectivity index (χ4v) is 2.08. The molecule has 0 spiro atoms. The van der Waals surface area contributed by atoms with Gasteiger partial charge in [0.1, 0.15) is 6.61 Å². The van der Waals surface area contributed by atoms with E-state index in [9.17, 15) is 18.7 Å². The standard InChI is InChI=1S/C17H18F2N2O3/c18-15(19)11-24-14-7-4-8-20-16(14)17(23)21-10-13(22)9-12-5-2-1-3-6-12/h1-8,13,15,22H,9-11H2,(H,21,23). The molecule has 1 aromatic carbocycles. The van der Waals surface area contributed by atoms with Gasteiger partial charge in [-0.05, 0) is 17.7 Å². The van der Waals surface area contributed by atoms with Crippen molar-refractivity contribution in [2.24, 2.45) is 0 Å². The molecule has 0 aliphatic carbocycles. The van der Waals surface area contributed by atoms with E-state index in [1.165, 1.54) is 18.3 Å². The SMILES string of the molecule is O=C(NCC(O)Cc1ccccc1)c1ncccc1OCC(F)F. The van der Waals surface area contributed by atoms with Gasteiger partial charge in [-0.3, -0.25) is 4.79 Å². The second-order valence-electron chi connectivity index (χ2n) is 5.11. The number of rotatable bonds is 8. The summed E-state index contributed by atoms with van der Waals surface area (Å²) in [6.45, 7) is -0.804. The minimum atomic E-state index is -2.64. The molecule has 7 heteroatoms. The van der Waals surface area contributed by atoms with Crippen LogP contribution in [0.5, 0.6) is 5.75 Å². The molecule has 24 heavy (non-hydrogen) atoms. The Morgan fingerprint density at radius 3 is 2.67 bits per heavy atom. The number of amides is 1. The highest BCUT2D eigenvalue weighted by Crippen LogP contribution is 2.16. The van der Waals surface area contributed by atoms with E-state index in [1.54, 1.807) is 0 Å². The van der Waals surface area contributed by atoms with Gasteiger partial charge >= 0.3 is 0 Å². The van der Waals surface area contributed by atoms with Gasteiger partial charge in [0.05, 0.1) is 6.10 Å². The number of hydrogen-bond donors (Lipinski definition) is 2. The predicted molar refractivity (Wildman–Crippen MR) is 84.2 cm³/mol. The summed E-state index contributed by atoms with van der Waals surface area (Å²) in [5.74, 6) is -0.611. The summed E-state index contributed by atoms with van der Waals surface area (Å²) in [5.41, 5.74) is 0.850. The first-order valence-corrected chi connectivity index (χ1v) is 7.42. The smallest absolute Gasteiger partial charge is 0.273 e. The summed E-state index contributed by atoms with van der Waals surface area (Å²) in [4.78, 5) is 16.0. The summed E-state index contributed by atoms with van der Waals surface area (Å²) in [7, 11) is 0. The zero-order valence-corrected chi connectivity index (χ0v) is 12.9. The van der Waals surface area contributed by atoms with Crippen molar-refractivity contribution in [3.8, 4) is 5.75 Å². The largest absolute Gasteiger partial charge is 0.485 e. The van der Waals surface area contributed by atoms with Crippen LogP contribution in [0.15, 0.2) is 48.7 Å². The van der Waals surface area contributed by atoms with Gasteiger partial charge in [0, 0.05) is 19.2 Å². The van der Waals surface area contributed by atoms with E-state index < -0.39 is 25.0 Å². The average Bonchev–Trinajstić information content (AvgIpc) is 2.59. The zero-order valence-electron chi connectivity index (χ0n) is 12.9. The normalized spacial score (nSPS) is 12.0. The number of aliphatic hydroxyl groups is 1. The van der Waals surface area contributed by atoms with Crippen LogP contribution in [-0.4, -0.2) is 41.7 Å². The highest BCUT2D eigenvalue weighted by molar-refractivity contribution is 5.94. The molecule has 1 amide bonds. The van der Waals surface area contributed by atoms with Crippen LogP contribution in [0, 0.1) is 0 Å². The third kappa shape index (κ3) is 5.58. The Morgan fingerprint density at radius 1 is 1.21 bits per heavy atom. The quantitative estimate of drug-likeness (QED) is 0.774. The fourth-order valence-electron chi connectivity index (χ4n) is 2.08. The summed E-state index contributed by atoms with van der Waals surface area (Å²) in [6.07, 6.45) is -1.66. The lowest BCUT2D eigenvalue weighted by molar-refractivity contribution is 0.0785. The van der Waals surface area contributed by atoms with E-state index in [0.717, 1.165) is 5.56 Å². The molecule has 0 aliphatic rings. The van der Waals surface area contributed by atoms with Gasteiger partial charge in [0.2, 0.25) is 0 Å². The van der Waals surface area contributed by atoms with Crippen LogP contribution < -0.4 is 10.1 Å². The van der Waals surface area contributed by atoms with E-state index in [-0.39, 0.29) is 18.0 Å². The van der Waals surface area contributed by atoms with E-state index in [4.69, 9.17) is 4.74 Å². The number of nitrogens with one attached hydrogen (secondary N) is 1. The van der Waals surface area contributed by atoms with Gasteiger partial charge in [-0.15, -0.1) is 0 Å². The molecule has 0 bridgehead atoms. The van der Waals surface area contributed by atoms with Crippen molar-refractivity contribution in [1.29, 1.82) is 0 Å². The van der Waals surface area contributed by atoms with Crippen LogP contribution in [-0.2, 0) is 6.42 Å². The second-order valence-corrected chi connectivity index (χ2v) is 5.11. The molecule has 1 unspecified atom stereocenters. The van der Waals surface area contributed by atoms with Crippen molar-refractivity contribution in [2.75, 3.05) is 13.2 Å². The number of hydrogen-bond acceptors (Lipinski definition) is 4. The van der Waals surface area contributed by atoms with Crippen molar-refractivity contribution < 1.29 is 23.4 Å². The molecule has 5 nitrogen and oxygen atoms in total. The number of ether oxygens (including phenoxy) is 1. The molecule has 2 aromatic rings. The van der Waals surface area contributed by atoms with Crippen molar-refractivity contribution in [2.45, 2.75) is 19.0 Å². The Morgan fingerprint density at radius 2 is 1.96 bits per heavy atom. The summed E-state index contributed by atoms with van der Waals surface area (Å²) < 4.78 is 29.4. The highest BCUT2D eigenvalue weighted by Gasteiger charge is 2.16. The van der Waals surface area contributed by atoms with Crippen LogP contribution in [0.25, 0.3) is 0 Å². The second kappa shape index (κ2) is 8.93. The lowest BCUT2D eigenvalue weighted by Gasteiger charge is -2.13. The number of carbonyl (C=O) groups excluding carboxylic acids is 1. The minimum absolute atomic E-state index is 0.0125. The van der Waals surface area contributed by atoms with Crippen LogP contribution >= 0.6 is 0 Å². The van der Waals surface area contributed by atoms with Crippen LogP contribution in [0.4, 0.5) is 8.78 Å². The van der Waals surface area contributed by atoms with Gasteiger partial charge in [-0.2, -0.15) is 0 Å². The number of nitrogens with zero attached hydrogens (tertiary/aromatic N) is 1. The number of halogens is 2. The third-order valence-corrected chi connectivity index (χ3v) is 3.16. The molecule has 1 heterocycles. The lowest BCUT2D eigenvalue weighted by atomic mass is 10.1. The molecule has 0 aliphatic heterocycles. The van der Waals surface area contributed by atoms with Gasteiger partial charge in [0.25, 0.3) is 12.3 Å². The molecule has 1 atom stereocenters. The average molecular weight is 336 g/mol. The highest BCUT2D eigenvalue weighted by atomic mass is 19.3. The monoisotopic (exact) mass is 336 g/mol. The van der Waals surface area contributed by atoms with Crippen LogP contribution in [0.3, 0.4) is 0 Å². The molecule has 0 radical (unpaired) electrons. The molecular formula is C17H18F2N2O3. The first kappa shape index (κ1) is 17.8. The Balaban J connectivity index is 1.90. The van der Waals surface area contributed by atoms with E-state index in [2.05, 4.69) is 10.3 Å². The summed E-state index contributed by atoms with van der Waals surface area (Å²) in [5, 5.41) is 12.5. The Kier molecular flexibility index (Phi) is 6.62. The van der Waals surface area contributed by atoms with Crippen molar-refractivity contribution in [1.82, 2.24) is 10.3 Å². The Bertz CT molecular complexity index is 653. The van der Waals surface area contributed by atoms with E-state index in [0.29, 0.717) is 6.42 Å². The molecule has 0 saturated carbocycles. The Hall–Kier alpha value is -2.54. The van der Waals surface area contributed by atoms with Crippen molar-refractivity contribution in [3.05, 3.63) is 59.9 Å². The Labute approximate surface area is 138 Å². The number of benzene rings is 1. The maximum Gasteiger partial charge on any atom is 0.273 e. The summed E-state index contributed by atoms with van der Waals surface area (Å²) in [6, 6.07) is 12.2. The number of alkyl halides is 2. The van der Waals surface area contributed by atoms with Crippen LogP contribution in [0.1, 0.15) is 16.1 Å². The zero-order chi connectivity index (χ0) is 17.4. The number of aliphatic hydroxyl groups excluding tert-OH is 1. The number of aromatic nitrogens is 1. The van der Waals surface area contributed by atoms with E-state index >= 15 is 0 Å². The van der Waals surface area contributed by atoms with Gasteiger partial charge < -0.3 is 15.2 Å². The molecule has 0 fully saturated rings. The van der Waals surface area contributed by atoms with Crippen LogP contribution in [0.2, 0.25) is 0 Å². The van der Waals surface area contributed by atoms with Crippen molar-refractivity contribution in [3.63, 3.8) is 0 Å². The van der Waals surface area contributed by atoms with Gasteiger partial charge in [-0.1, -0.05) is 30.3 Å². The molecule has 1 aromatic heterocycles. The topological polar surface area (TPSA) is 71.5 Å². The fraction of sp³-hybridized carbons (Fsp3) is 0.294. The number of pyridine rings is 1. The minimum Gasteiger partial charge on any atom is -0.485 e. The predicted octanol–water partition coefficient (Wildman–Crippen LogP) is 2.06. The third-order valence-electron chi connectivity index (χ3n) is 3.16. The number of carbonyl (C=O) groups is 1. The molecule has 2 N–H and O–H groups in total. The van der Waals surface area contributed by atoms with Crippen molar-refractivity contribution >= 4 is 5.91 Å². The van der Waals surface area contributed by atoms with E-state index in [1.807, 2.05) is 30.3 Å². The van der Waals surface area contributed by atoms with Gasteiger partial charge in [0.15, 0.2) is 11.4 Å². The lowest BCUT2D eigenvalue weighted by Crippen LogP contribution is -2.34. The maximum absolute atomic E-state index is 12.2.